The Morgan fingerprint density at radius 3 is 2.20 bits per heavy atom. The second kappa shape index (κ2) is 11.8. The van der Waals surface area contributed by atoms with Crippen LogP contribution in [0.25, 0.3) is 0 Å². The summed E-state index contributed by atoms with van der Waals surface area (Å²) in [6.45, 7) is 5.62. The molecule has 1 aromatic heterocycles. The fourth-order valence-corrected chi connectivity index (χ4v) is 15.4. The van der Waals surface area contributed by atoms with Gasteiger partial charge in [0.1, 0.15) is 5.75 Å². The molecule has 0 aliphatic heterocycles. The number of hydrogen-bond acceptors (Lipinski definition) is 6. The number of hydrogen-bond donors (Lipinski definition) is 3. The number of nitrogens with zero attached hydrogens (tertiary/aromatic N) is 1. The van der Waals surface area contributed by atoms with Gasteiger partial charge < -0.3 is 29.6 Å². The first kappa shape index (κ1) is 35.1. The Bertz CT molecular complexity index is 1870. The van der Waals surface area contributed by atoms with Gasteiger partial charge in [-0.25, -0.2) is 4.79 Å². The van der Waals surface area contributed by atoms with E-state index in [2.05, 4.69) is 37.4 Å². The van der Waals surface area contributed by atoms with E-state index in [0.29, 0.717) is 30.8 Å². The number of allylic oxidation sites excluding steroid dienone is 4. The number of nitrogens with one attached hydrogen (secondary N) is 1. The van der Waals surface area contributed by atoms with E-state index in [1.165, 1.54) is 38.5 Å². The zero-order chi connectivity index (χ0) is 37.3. The van der Waals surface area contributed by atoms with Crippen molar-refractivity contribution in [2.75, 3.05) is 25.5 Å². The summed E-state index contributed by atoms with van der Waals surface area (Å²) < 4.78 is 11.2. The Morgan fingerprint density at radius 1 is 0.870 bits per heavy atom. The molecule has 1 heterocycles. The number of carbonyl (C=O) groups excluding carboxylic acids is 2. The van der Waals surface area contributed by atoms with Crippen LogP contribution in [0.5, 0.6) is 5.75 Å². The lowest BCUT2D eigenvalue weighted by molar-refractivity contribution is -0.176. The van der Waals surface area contributed by atoms with Crippen LogP contribution < -0.4 is 10.1 Å². The molecule has 6 bridgehead atoms. The van der Waals surface area contributed by atoms with Gasteiger partial charge in [0.05, 0.1) is 31.6 Å². The number of aliphatic hydroxyl groups is 2. The number of carbonyl (C=O) groups is 2. The third-order valence-electron chi connectivity index (χ3n) is 17.5. The first-order valence-corrected chi connectivity index (χ1v) is 21.0. The minimum atomic E-state index is -1.14. The average molecular weight is 735 g/mol. The Morgan fingerprint density at radius 2 is 1.54 bits per heavy atom. The van der Waals surface area contributed by atoms with E-state index >= 15 is 0 Å². The number of urea groups is 1. The van der Waals surface area contributed by atoms with Crippen molar-refractivity contribution >= 4 is 17.5 Å². The Kier molecular flexibility index (Phi) is 7.68. The number of amides is 2. The van der Waals surface area contributed by atoms with Crippen LogP contribution in [0.15, 0.2) is 70.9 Å². The standard InChI is InChI=1S/C46H58N2O6/c1-41-13-10-33(49)25-44(41)16-17-46(35(26-44)39(50)36-5-4-18-54-36)37(41)11-14-42(2)38(46)12-15-45(42,52)28-48(40(51)47-32-6-8-34(53-3)9-7-32)27-43-22-29-19-30(23-43)21-31(20-29)24-43/h4-9,16-18,26,29-31,33,37-38,49,52H,10-15,19-25,27-28H2,1-3H3,(H,47,51)/t29?,30?,31?,33?,37-,38-,41-,42+,43?,44+,45-,46-/m1/s1. The second-order valence-electron chi connectivity index (χ2n) is 20.0. The summed E-state index contributed by atoms with van der Waals surface area (Å²) in [6, 6.07) is 10.9. The van der Waals surface area contributed by atoms with Gasteiger partial charge in [0, 0.05) is 34.1 Å². The van der Waals surface area contributed by atoms with Crippen molar-refractivity contribution in [3.05, 3.63) is 72.2 Å². The third-order valence-corrected chi connectivity index (χ3v) is 17.5. The van der Waals surface area contributed by atoms with Crippen molar-refractivity contribution in [1.29, 1.82) is 0 Å². The molecule has 8 atom stereocenters. The molecule has 3 N–H and O–H groups in total. The van der Waals surface area contributed by atoms with Crippen molar-refractivity contribution < 1.29 is 29.0 Å². The first-order valence-electron chi connectivity index (χ1n) is 21.0. The maximum absolute atomic E-state index is 14.7. The molecular weight excluding hydrogens is 677 g/mol. The number of methoxy groups -OCH3 is 1. The normalized spacial score (nSPS) is 44.9. The minimum absolute atomic E-state index is 0.00295. The van der Waals surface area contributed by atoms with Crippen LogP contribution in [0.4, 0.5) is 10.5 Å². The van der Waals surface area contributed by atoms with E-state index in [9.17, 15) is 19.8 Å². The summed E-state index contributed by atoms with van der Waals surface area (Å²) in [7, 11) is 1.64. The smallest absolute Gasteiger partial charge is 0.321 e. The van der Waals surface area contributed by atoms with Crippen molar-refractivity contribution in [3.8, 4) is 5.75 Å². The summed E-state index contributed by atoms with van der Waals surface area (Å²) in [6.07, 6.45) is 21.0. The molecule has 8 heteroatoms. The molecule has 1 aromatic carbocycles. The maximum Gasteiger partial charge on any atom is 0.321 e. The number of furan rings is 1. The van der Waals surface area contributed by atoms with Crippen molar-refractivity contribution in [2.24, 2.45) is 56.7 Å². The highest BCUT2D eigenvalue weighted by atomic mass is 16.5. The van der Waals surface area contributed by atoms with E-state index in [-0.39, 0.29) is 41.0 Å². The number of fused-ring (bicyclic) bond motifs is 1. The predicted octanol–water partition coefficient (Wildman–Crippen LogP) is 8.81. The largest absolute Gasteiger partial charge is 0.497 e. The van der Waals surface area contributed by atoms with E-state index < -0.39 is 27.9 Å². The number of anilines is 1. The highest BCUT2D eigenvalue weighted by Gasteiger charge is 2.75. The average Bonchev–Trinajstić information content (AvgIpc) is 3.77. The van der Waals surface area contributed by atoms with Gasteiger partial charge in [-0.15, -0.1) is 0 Å². The molecule has 10 aliphatic rings. The molecule has 0 radical (unpaired) electrons. The van der Waals surface area contributed by atoms with Crippen LogP contribution in [-0.2, 0) is 0 Å². The van der Waals surface area contributed by atoms with Crippen LogP contribution in [0, 0.1) is 56.7 Å². The van der Waals surface area contributed by atoms with Crippen LogP contribution in [0.3, 0.4) is 0 Å². The molecule has 7 saturated carbocycles. The van der Waals surface area contributed by atoms with Crippen LogP contribution in [-0.4, -0.2) is 58.8 Å². The quantitative estimate of drug-likeness (QED) is 0.185. The van der Waals surface area contributed by atoms with Crippen molar-refractivity contribution in [2.45, 2.75) is 109 Å². The summed E-state index contributed by atoms with van der Waals surface area (Å²) >= 11 is 0. The van der Waals surface area contributed by atoms with Gasteiger partial charge >= 0.3 is 6.03 Å². The van der Waals surface area contributed by atoms with Gasteiger partial charge in [-0.3, -0.25) is 4.79 Å². The van der Waals surface area contributed by atoms with Crippen LogP contribution in [0.2, 0.25) is 0 Å². The zero-order valence-electron chi connectivity index (χ0n) is 32.3. The van der Waals surface area contributed by atoms with Crippen LogP contribution in [0.1, 0.15) is 108 Å². The molecule has 2 amide bonds. The van der Waals surface area contributed by atoms with Crippen molar-refractivity contribution in [1.82, 2.24) is 4.90 Å². The molecule has 2 aromatic rings. The van der Waals surface area contributed by atoms with Gasteiger partial charge in [-0.1, -0.05) is 32.1 Å². The highest BCUT2D eigenvalue weighted by Crippen LogP contribution is 2.78. The summed E-state index contributed by atoms with van der Waals surface area (Å²) in [5.41, 5.74) is -1.16. The lowest BCUT2D eigenvalue weighted by Crippen LogP contribution is -2.67. The number of benzene rings is 1. The topological polar surface area (TPSA) is 112 Å². The Balaban J connectivity index is 1.02. The maximum atomic E-state index is 14.7. The molecule has 288 valence electrons. The molecule has 2 spiro atoms. The Hall–Kier alpha value is -3.36. The molecule has 1 unspecified atom stereocenters. The molecule has 54 heavy (non-hydrogen) atoms. The second-order valence-corrected chi connectivity index (χ2v) is 20.0. The number of aliphatic hydroxyl groups excluding tert-OH is 1. The number of Topliss-reactive ketones (excluding diaryl/α,β-unsaturated/α-hetero) is 1. The number of rotatable bonds is 8. The third kappa shape index (κ3) is 4.80. The zero-order valence-corrected chi connectivity index (χ0v) is 32.3. The van der Waals surface area contributed by atoms with Crippen molar-refractivity contribution in [3.63, 3.8) is 0 Å². The van der Waals surface area contributed by atoms with Gasteiger partial charge in [-0.2, -0.15) is 0 Å². The SMILES string of the molecule is COc1ccc(NC(=O)N(CC23CC4CC(CC(C4)C2)C3)C[C@]2(O)CC[C@H]3[C@]45C=C[C@@]6(C=C4C(=O)c4ccco4)CC(O)CC[C@]6(C)[C@H]5CC[C@@]32C)cc1. The van der Waals surface area contributed by atoms with E-state index in [1.54, 1.807) is 25.5 Å². The fraction of sp³-hybridized carbons (Fsp3) is 0.652. The molecule has 10 aliphatic carbocycles. The first-order chi connectivity index (χ1) is 25.8. The summed E-state index contributed by atoms with van der Waals surface area (Å²) in [4.78, 5) is 31.3. The molecular formula is C46H58N2O6. The molecule has 0 saturated heterocycles. The summed E-state index contributed by atoms with van der Waals surface area (Å²) in [5.74, 6) is 3.48. The minimum Gasteiger partial charge on any atom is -0.497 e. The molecule has 7 fully saturated rings. The monoisotopic (exact) mass is 734 g/mol. The number of ketones is 1. The van der Waals surface area contributed by atoms with E-state index in [1.807, 2.05) is 29.2 Å². The van der Waals surface area contributed by atoms with Gasteiger partial charge in [0.2, 0.25) is 5.78 Å². The van der Waals surface area contributed by atoms with Crippen LogP contribution >= 0.6 is 0 Å². The number of ether oxygens (including phenoxy) is 1. The van der Waals surface area contributed by atoms with E-state index in [0.717, 1.165) is 61.2 Å². The lowest BCUT2D eigenvalue weighted by Gasteiger charge is -2.71. The van der Waals surface area contributed by atoms with Gasteiger partial charge in [0.25, 0.3) is 0 Å². The lowest BCUT2D eigenvalue weighted by atomic mass is 9.32. The molecule has 8 nitrogen and oxygen atoms in total. The predicted molar refractivity (Wildman–Crippen MR) is 206 cm³/mol. The summed E-state index contributed by atoms with van der Waals surface area (Å²) in [5, 5.41) is 27.6. The van der Waals surface area contributed by atoms with Gasteiger partial charge in [0.15, 0.2) is 5.76 Å². The Labute approximate surface area is 319 Å². The highest BCUT2D eigenvalue weighted by molar-refractivity contribution is 6.08. The van der Waals surface area contributed by atoms with Gasteiger partial charge in [-0.05, 0) is 160 Å². The molecule has 12 rings (SSSR count). The van der Waals surface area contributed by atoms with E-state index in [4.69, 9.17) is 9.15 Å². The fourth-order valence-electron chi connectivity index (χ4n) is 15.4.